The van der Waals surface area contributed by atoms with E-state index in [0.717, 1.165) is 18.4 Å². The molecule has 0 atom stereocenters. The highest BCUT2D eigenvalue weighted by atomic mass is 16.7. The minimum atomic E-state index is -0.416. The molecule has 3 rings (SSSR count). The first kappa shape index (κ1) is 11.1. The lowest BCUT2D eigenvalue weighted by Crippen LogP contribution is -2.22. The summed E-state index contributed by atoms with van der Waals surface area (Å²) in [6.07, 6.45) is 3.73. The monoisotopic (exact) mass is 244 g/mol. The Balaban J connectivity index is 1.94. The van der Waals surface area contributed by atoms with Crippen LogP contribution in [0.25, 0.3) is 0 Å². The molecule has 0 bridgehead atoms. The van der Waals surface area contributed by atoms with E-state index in [0.29, 0.717) is 18.7 Å². The van der Waals surface area contributed by atoms with Gasteiger partial charge < -0.3 is 0 Å². The third kappa shape index (κ3) is 1.74. The molecule has 1 saturated heterocycles. The number of rotatable bonds is 3. The SMILES string of the molecule is O=C=NC1(c2cccc(N3OCCC3=O)c2)CC1. The number of nitrogens with zero attached hydrogens (tertiary/aromatic N) is 2. The maximum Gasteiger partial charge on any atom is 0.253 e. The number of isocyanates is 1. The number of carbonyl (C=O) groups is 1. The molecule has 0 aromatic heterocycles. The van der Waals surface area contributed by atoms with Gasteiger partial charge in [-0.3, -0.25) is 9.63 Å². The third-order valence-corrected chi connectivity index (χ3v) is 3.36. The molecule has 92 valence electrons. The topological polar surface area (TPSA) is 59.0 Å². The van der Waals surface area contributed by atoms with Gasteiger partial charge in [-0.25, -0.2) is 4.79 Å². The molecule has 2 aliphatic rings. The van der Waals surface area contributed by atoms with E-state index in [1.807, 2.05) is 24.3 Å². The zero-order valence-electron chi connectivity index (χ0n) is 9.76. The minimum absolute atomic E-state index is 0.0455. The minimum Gasteiger partial charge on any atom is -0.272 e. The van der Waals surface area contributed by atoms with Gasteiger partial charge in [0.1, 0.15) is 0 Å². The fourth-order valence-corrected chi connectivity index (χ4v) is 2.21. The number of aliphatic imine (C=N–C) groups is 1. The van der Waals surface area contributed by atoms with Crippen LogP contribution in [0.15, 0.2) is 29.3 Å². The smallest absolute Gasteiger partial charge is 0.253 e. The van der Waals surface area contributed by atoms with Gasteiger partial charge in [0.05, 0.1) is 24.3 Å². The molecule has 0 radical (unpaired) electrons. The van der Waals surface area contributed by atoms with Crippen LogP contribution in [0.2, 0.25) is 0 Å². The van der Waals surface area contributed by atoms with Crippen LogP contribution < -0.4 is 5.06 Å². The second kappa shape index (κ2) is 4.05. The number of benzene rings is 1. The Morgan fingerprint density at radius 1 is 1.39 bits per heavy atom. The number of amides is 1. The van der Waals surface area contributed by atoms with E-state index in [9.17, 15) is 9.59 Å². The summed E-state index contributed by atoms with van der Waals surface area (Å²) in [6, 6.07) is 7.43. The van der Waals surface area contributed by atoms with Gasteiger partial charge in [0.25, 0.3) is 5.91 Å². The maximum absolute atomic E-state index is 11.6. The highest BCUT2D eigenvalue weighted by molar-refractivity contribution is 5.92. The van der Waals surface area contributed by atoms with Crippen LogP contribution in [0.1, 0.15) is 24.8 Å². The molecule has 1 aliphatic heterocycles. The lowest BCUT2D eigenvalue weighted by Gasteiger charge is -2.16. The third-order valence-electron chi connectivity index (χ3n) is 3.36. The van der Waals surface area contributed by atoms with E-state index in [1.54, 1.807) is 6.08 Å². The van der Waals surface area contributed by atoms with E-state index in [1.165, 1.54) is 5.06 Å². The molecular formula is C13H12N2O3. The van der Waals surface area contributed by atoms with Crippen LogP contribution in [0.5, 0.6) is 0 Å². The second-order valence-corrected chi connectivity index (χ2v) is 4.56. The molecule has 1 amide bonds. The van der Waals surface area contributed by atoms with Crippen LogP contribution in [-0.2, 0) is 20.0 Å². The maximum atomic E-state index is 11.6. The molecular weight excluding hydrogens is 232 g/mol. The Labute approximate surface area is 104 Å². The zero-order valence-corrected chi connectivity index (χ0v) is 9.76. The van der Waals surface area contributed by atoms with Gasteiger partial charge in [-0.1, -0.05) is 12.1 Å². The van der Waals surface area contributed by atoms with Gasteiger partial charge >= 0.3 is 0 Å². The van der Waals surface area contributed by atoms with Crippen molar-refractivity contribution in [2.45, 2.75) is 24.8 Å². The summed E-state index contributed by atoms with van der Waals surface area (Å²) in [5.74, 6) is -0.0455. The first-order valence-corrected chi connectivity index (χ1v) is 5.91. The van der Waals surface area contributed by atoms with Crippen LogP contribution in [0.3, 0.4) is 0 Å². The lowest BCUT2D eigenvalue weighted by molar-refractivity contribution is -0.119. The Morgan fingerprint density at radius 2 is 2.22 bits per heavy atom. The number of anilines is 1. The molecule has 1 aromatic carbocycles. The van der Waals surface area contributed by atoms with Gasteiger partial charge in [0, 0.05) is 0 Å². The van der Waals surface area contributed by atoms with Crippen molar-refractivity contribution in [2.75, 3.05) is 11.7 Å². The average Bonchev–Trinajstić information content (AvgIpc) is 3.05. The summed E-state index contributed by atoms with van der Waals surface area (Å²) < 4.78 is 0. The molecule has 2 fully saturated rings. The highest BCUT2D eigenvalue weighted by Gasteiger charge is 2.45. The molecule has 0 N–H and O–H groups in total. The highest BCUT2D eigenvalue weighted by Crippen LogP contribution is 2.49. The molecule has 1 saturated carbocycles. The molecule has 1 aliphatic carbocycles. The van der Waals surface area contributed by atoms with E-state index >= 15 is 0 Å². The lowest BCUT2D eigenvalue weighted by atomic mass is 10.0. The van der Waals surface area contributed by atoms with Crippen molar-refractivity contribution < 1.29 is 14.4 Å². The predicted octanol–water partition coefficient (Wildman–Crippen LogP) is 1.68. The normalized spacial score (nSPS) is 20.7. The predicted molar refractivity (Wildman–Crippen MR) is 63.5 cm³/mol. The van der Waals surface area contributed by atoms with E-state index in [-0.39, 0.29) is 5.91 Å². The summed E-state index contributed by atoms with van der Waals surface area (Å²) in [7, 11) is 0. The molecule has 5 heteroatoms. The van der Waals surface area contributed by atoms with Gasteiger partial charge in [-0.2, -0.15) is 10.1 Å². The Morgan fingerprint density at radius 3 is 2.83 bits per heavy atom. The van der Waals surface area contributed by atoms with Crippen molar-refractivity contribution in [3.63, 3.8) is 0 Å². The van der Waals surface area contributed by atoms with Gasteiger partial charge in [0.15, 0.2) is 0 Å². The van der Waals surface area contributed by atoms with Crippen LogP contribution >= 0.6 is 0 Å². The van der Waals surface area contributed by atoms with Crippen molar-refractivity contribution in [3.8, 4) is 0 Å². The first-order chi connectivity index (χ1) is 8.75. The Bertz CT molecular complexity index is 545. The average molecular weight is 244 g/mol. The quantitative estimate of drug-likeness (QED) is 0.600. The van der Waals surface area contributed by atoms with Gasteiger partial charge in [-0.05, 0) is 30.5 Å². The van der Waals surface area contributed by atoms with Crippen molar-refractivity contribution >= 4 is 17.7 Å². The Kier molecular flexibility index (Phi) is 2.51. The van der Waals surface area contributed by atoms with Crippen molar-refractivity contribution in [3.05, 3.63) is 29.8 Å². The summed E-state index contributed by atoms with van der Waals surface area (Å²) in [5, 5.41) is 1.31. The summed E-state index contributed by atoms with van der Waals surface area (Å²) in [4.78, 5) is 31.2. The first-order valence-electron chi connectivity index (χ1n) is 5.91. The Hall–Kier alpha value is -1.97. The van der Waals surface area contributed by atoms with E-state index in [2.05, 4.69) is 4.99 Å². The van der Waals surface area contributed by atoms with Crippen LogP contribution in [-0.4, -0.2) is 18.6 Å². The van der Waals surface area contributed by atoms with Gasteiger partial charge in [-0.15, -0.1) is 0 Å². The summed E-state index contributed by atoms with van der Waals surface area (Å²) >= 11 is 0. The number of hydrogen-bond donors (Lipinski definition) is 0. The van der Waals surface area contributed by atoms with E-state index in [4.69, 9.17) is 4.84 Å². The summed E-state index contributed by atoms with van der Waals surface area (Å²) in [5.41, 5.74) is 1.22. The molecule has 0 spiro atoms. The number of carbonyl (C=O) groups excluding carboxylic acids is 2. The second-order valence-electron chi connectivity index (χ2n) is 4.56. The fraction of sp³-hybridized carbons (Fsp3) is 0.385. The molecule has 0 unspecified atom stereocenters. The molecule has 1 aromatic rings. The largest absolute Gasteiger partial charge is 0.272 e. The number of hydroxylamine groups is 1. The fourth-order valence-electron chi connectivity index (χ4n) is 2.21. The number of hydrogen-bond acceptors (Lipinski definition) is 4. The van der Waals surface area contributed by atoms with Crippen molar-refractivity contribution in [2.24, 2.45) is 4.99 Å². The van der Waals surface area contributed by atoms with Crippen LogP contribution in [0.4, 0.5) is 5.69 Å². The van der Waals surface area contributed by atoms with Crippen LogP contribution in [0, 0.1) is 0 Å². The summed E-state index contributed by atoms with van der Waals surface area (Å²) in [6.45, 7) is 0.417. The standard InChI is InChI=1S/C13H12N2O3/c16-9-14-13(5-6-13)10-2-1-3-11(8-10)15-12(17)4-7-18-15/h1-3,8H,4-7H2. The molecule has 1 heterocycles. The zero-order chi connectivity index (χ0) is 12.6. The van der Waals surface area contributed by atoms with Crippen molar-refractivity contribution in [1.82, 2.24) is 0 Å². The van der Waals surface area contributed by atoms with E-state index < -0.39 is 5.54 Å². The molecule has 5 nitrogen and oxygen atoms in total. The molecule has 18 heavy (non-hydrogen) atoms. The van der Waals surface area contributed by atoms with Gasteiger partial charge in [0.2, 0.25) is 6.08 Å². The van der Waals surface area contributed by atoms with Crippen molar-refractivity contribution in [1.29, 1.82) is 0 Å².